The monoisotopic (exact) mass is 442 g/mol. The Bertz CT molecular complexity index is 997. The molecule has 0 bridgehead atoms. The minimum Gasteiger partial charge on any atom is -0.496 e. The summed E-state index contributed by atoms with van der Waals surface area (Å²) in [5, 5.41) is 7.72. The zero-order chi connectivity index (χ0) is 21.8. The highest BCUT2D eigenvalue weighted by Gasteiger charge is 2.45. The van der Waals surface area contributed by atoms with Gasteiger partial charge in [0.05, 0.1) is 31.4 Å². The highest BCUT2D eigenvalue weighted by Crippen LogP contribution is 2.32. The van der Waals surface area contributed by atoms with Gasteiger partial charge in [-0.05, 0) is 36.2 Å². The lowest BCUT2D eigenvalue weighted by atomic mass is 9.96. The van der Waals surface area contributed by atoms with Crippen molar-refractivity contribution < 1.29 is 14.3 Å². The van der Waals surface area contributed by atoms with Gasteiger partial charge in [-0.15, -0.1) is 0 Å². The zero-order valence-corrected chi connectivity index (χ0v) is 18.5. The number of methoxy groups -OCH3 is 2. The maximum atomic E-state index is 13.4. The van der Waals surface area contributed by atoms with E-state index in [0.29, 0.717) is 49.1 Å². The Hall–Kier alpha value is -2.61. The lowest BCUT2D eigenvalue weighted by Gasteiger charge is -2.30. The van der Waals surface area contributed by atoms with Gasteiger partial charge in [0.25, 0.3) is 5.91 Å². The number of amides is 1. The molecule has 2 aliphatic heterocycles. The summed E-state index contributed by atoms with van der Waals surface area (Å²) in [7, 11) is 3.22. The molecule has 0 aromatic heterocycles. The van der Waals surface area contributed by atoms with Gasteiger partial charge >= 0.3 is 0 Å². The van der Waals surface area contributed by atoms with Crippen molar-refractivity contribution in [2.75, 3.05) is 45.8 Å². The van der Waals surface area contributed by atoms with E-state index in [2.05, 4.69) is 22.8 Å². The molecule has 1 fully saturated rings. The van der Waals surface area contributed by atoms with Gasteiger partial charge in [0.15, 0.2) is 0 Å². The molecule has 2 aliphatic rings. The number of hydrogen-bond donors (Lipinski definition) is 2. The number of fused-ring (bicyclic) bond motifs is 1. The van der Waals surface area contributed by atoms with Gasteiger partial charge < -0.3 is 19.7 Å². The van der Waals surface area contributed by atoms with Crippen LogP contribution in [0.1, 0.15) is 22.3 Å². The van der Waals surface area contributed by atoms with E-state index >= 15 is 0 Å². The molecule has 0 radical (unpaired) electrons. The number of anilines is 1. The Morgan fingerprint density at radius 3 is 2.90 bits per heavy atom. The molecule has 7 nitrogen and oxygen atoms in total. The predicted octanol–water partition coefficient (Wildman–Crippen LogP) is 3.19. The van der Waals surface area contributed by atoms with E-state index in [4.69, 9.17) is 26.1 Å². The SMILES string of the molecule is COCCN=C1Nc2ccccc2CN[C@@]12CCN(C(=O)c1cc(Cl)ccc1OC)C2. The molecule has 1 saturated heterocycles. The topological polar surface area (TPSA) is 75.2 Å². The zero-order valence-electron chi connectivity index (χ0n) is 17.8. The summed E-state index contributed by atoms with van der Waals surface area (Å²) in [6.45, 7) is 2.86. The van der Waals surface area contributed by atoms with E-state index in [1.807, 2.05) is 17.0 Å². The molecule has 2 heterocycles. The summed E-state index contributed by atoms with van der Waals surface area (Å²) in [4.78, 5) is 20.0. The van der Waals surface area contributed by atoms with Crippen LogP contribution in [0, 0.1) is 0 Å². The maximum Gasteiger partial charge on any atom is 0.257 e. The van der Waals surface area contributed by atoms with Crippen LogP contribution in [-0.2, 0) is 11.3 Å². The molecule has 1 atom stereocenters. The molecule has 2 N–H and O–H groups in total. The number of aliphatic imine (C=N–C) groups is 1. The third-order valence-corrected chi connectivity index (χ3v) is 6.09. The highest BCUT2D eigenvalue weighted by molar-refractivity contribution is 6.31. The first kappa shape index (κ1) is 21.6. The summed E-state index contributed by atoms with van der Waals surface area (Å²) in [6.07, 6.45) is 0.744. The standard InChI is InChI=1S/C23H27ClN4O3/c1-30-12-10-25-22-23(26-14-16-5-3-4-6-19(16)27-22)9-11-28(15-23)21(29)18-13-17(24)7-8-20(18)31-2/h3-8,13,26H,9-12,14-15H2,1-2H3,(H,25,27)/t23-/m1/s1. The lowest BCUT2D eigenvalue weighted by Crippen LogP contribution is -2.55. The molecule has 2 aromatic carbocycles. The molecule has 31 heavy (non-hydrogen) atoms. The molecule has 1 amide bonds. The number of halogens is 1. The molecular weight excluding hydrogens is 416 g/mol. The normalized spacial score (nSPS) is 21.6. The molecule has 8 heteroatoms. The number of likely N-dealkylation sites (tertiary alicyclic amines) is 1. The van der Waals surface area contributed by atoms with Crippen LogP contribution in [0.4, 0.5) is 5.69 Å². The van der Waals surface area contributed by atoms with E-state index < -0.39 is 5.54 Å². The fraction of sp³-hybridized carbons (Fsp3) is 0.391. The second-order valence-corrected chi connectivity index (χ2v) is 8.20. The number of nitrogens with one attached hydrogen (secondary N) is 2. The van der Waals surface area contributed by atoms with Gasteiger partial charge in [-0.1, -0.05) is 29.8 Å². The van der Waals surface area contributed by atoms with Crippen molar-refractivity contribution in [3.05, 3.63) is 58.6 Å². The number of rotatable bonds is 5. The number of carbonyl (C=O) groups excluding carboxylic acids is 1. The molecule has 0 unspecified atom stereocenters. The maximum absolute atomic E-state index is 13.4. The fourth-order valence-electron chi connectivity index (χ4n) is 4.17. The van der Waals surface area contributed by atoms with Crippen molar-refractivity contribution in [1.29, 1.82) is 0 Å². The third kappa shape index (κ3) is 4.39. The first-order chi connectivity index (χ1) is 15.1. The molecule has 0 aliphatic carbocycles. The van der Waals surface area contributed by atoms with Gasteiger partial charge in [0.2, 0.25) is 0 Å². The number of ether oxygens (including phenoxy) is 2. The highest BCUT2D eigenvalue weighted by atomic mass is 35.5. The van der Waals surface area contributed by atoms with Crippen molar-refractivity contribution >= 4 is 29.0 Å². The van der Waals surface area contributed by atoms with Gasteiger partial charge in [0, 0.05) is 37.5 Å². The van der Waals surface area contributed by atoms with Crippen LogP contribution in [0.15, 0.2) is 47.5 Å². The predicted molar refractivity (Wildman–Crippen MR) is 122 cm³/mol. The molecule has 1 spiro atoms. The molecule has 164 valence electrons. The van der Waals surface area contributed by atoms with Crippen molar-refractivity contribution in [2.24, 2.45) is 4.99 Å². The summed E-state index contributed by atoms with van der Waals surface area (Å²) in [6, 6.07) is 13.3. The smallest absolute Gasteiger partial charge is 0.257 e. The Labute approximate surface area is 187 Å². The first-order valence-electron chi connectivity index (χ1n) is 10.3. The average molecular weight is 443 g/mol. The van der Waals surface area contributed by atoms with E-state index in [-0.39, 0.29) is 5.91 Å². The Morgan fingerprint density at radius 1 is 1.26 bits per heavy atom. The molecule has 2 aromatic rings. The fourth-order valence-corrected chi connectivity index (χ4v) is 4.34. The van der Waals surface area contributed by atoms with Crippen LogP contribution in [0.3, 0.4) is 0 Å². The largest absolute Gasteiger partial charge is 0.496 e. The van der Waals surface area contributed by atoms with Crippen LogP contribution >= 0.6 is 11.6 Å². The number of carbonyl (C=O) groups is 1. The summed E-state index contributed by atoms with van der Waals surface area (Å²) in [5.74, 6) is 1.25. The van der Waals surface area contributed by atoms with Gasteiger partial charge in [-0.2, -0.15) is 0 Å². The minimum absolute atomic E-state index is 0.101. The minimum atomic E-state index is -0.464. The first-order valence-corrected chi connectivity index (χ1v) is 10.7. The molecule has 0 saturated carbocycles. The number of amidine groups is 1. The van der Waals surface area contributed by atoms with Crippen molar-refractivity contribution in [1.82, 2.24) is 10.2 Å². The van der Waals surface area contributed by atoms with Gasteiger partial charge in [-0.25, -0.2) is 0 Å². The number of hydrogen-bond acceptors (Lipinski definition) is 5. The molecular formula is C23H27ClN4O3. The van der Waals surface area contributed by atoms with Crippen LogP contribution < -0.4 is 15.4 Å². The van der Waals surface area contributed by atoms with E-state index in [9.17, 15) is 4.79 Å². The number of nitrogens with zero attached hydrogens (tertiary/aromatic N) is 2. The van der Waals surface area contributed by atoms with Crippen LogP contribution in [0.2, 0.25) is 5.02 Å². The third-order valence-electron chi connectivity index (χ3n) is 5.85. The molecule has 4 rings (SSSR count). The Kier molecular flexibility index (Phi) is 6.46. The summed E-state index contributed by atoms with van der Waals surface area (Å²) >= 11 is 6.15. The van der Waals surface area contributed by atoms with E-state index in [0.717, 1.165) is 17.9 Å². The van der Waals surface area contributed by atoms with Crippen molar-refractivity contribution in [3.8, 4) is 5.75 Å². The quantitative estimate of drug-likeness (QED) is 0.695. The Balaban J connectivity index is 1.62. The summed E-state index contributed by atoms with van der Waals surface area (Å²) < 4.78 is 10.6. The second-order valence-electron chi connectivity index (χ2n) is 7.76. The van der Waals surface area contributed by atoms with Crippen LogP contribution in [0.25, 0.3) is 0 Å². The van der Waals surface area contributed by atoms with Crippen LogP contribution in [0.5, 0.6) is 5.75 Å². The average Bonchev–Trinajstić information content (AvgIpc) is 3.16. The summed E-state index contributed by atoms with van der Waals surface area (Å²) in [5.41, 5.74) is 2.20. The number of benzene rings is 2. The lowest BCUT2D eigenvalue weighted by molar-refractivity contribution is 0.0782. The second kappa shape index (κ2) is 9.26. The van der Waals surface area contributed by atoms with E-state index in [1.165, 1.54) is 5.56 Å². The van der Waals surface area contributed by atoms with Gasteiger partial charge in [-0.3, -0.25) is 15.1 Å². The van der Waals surface area contributed by atoms with Gasteiger partial charge in [0.1, 0.15) is 11.6 Å². The van der Waals surface area contributed by atoms with Crippen molar-refractivity contribution in [3.63, 3.8) is 0 Å². The van der Waals surface area contributed by atoms with E-state index in [1.54, 1.807) is 32.4 Å². The number of para-hydroxylation sites is 1. The Morgan fingerprint density at radius 2 is 2.10 bits per heavy atom. The van der Waals surface area contributed by atoms with Crippen molar-refractivity contribution in [2.45, 2.75) is 18.5 Å². The van der Waals surface area contributed by atoms with Crippen LogP contribution in [-0.4, -0.2) is 62.6 Å².